The molecule has 0 saturated carbocycles. The molecule has 6 heterocycles. The quantitative estimate of drug-likeness (QED) is 0.109. The van der Waals surface area contributed by atoms with Crippen LogP contribution < -0.4 is 17.2 Å². The highest BCUT2D eigenvalue weighted by Gasteiger charge is 2.21. The molecule has 0 aliphatic heterocycles. The van der Waals surface area contributed by atoms with E-state index < -0.39 is 12.1 Å². The number of rotatable bonds is 9. The molecule has 15 heteroatoms. The predicted octanol–water partition coefficient (Wildman–Crippen LogP) is 7.93. The first-order valence-corrected chi connectivity index (χ1v) is 19.9. The van der Waals surface area contributed by atoms with Gasteiger partial charge in [-0.15, -0.1) is 10.2 Å². The van der Waals surface area contributed by atoms with Crippen LogP contribution in [0.25, 0.3) is 89.6 Å². The molecule has 60 heavy (non-hydrogen) atoms. The van der Waals surface area contributed by atoms with Gasteiger partial charge < -0.3 is 17.2 Å². The van der Waals surface area contributed by atoms with Crippen molar-refractivity contribution in [3.63, 3.8) is 0 Å². The molecule has 0 bridgehead atoms. The number of pyridine rings is 2. The zero-order chi connectivity index (χ0) is 40.7. The number of anilines is 1. The topological polar surface area (TPSA) is 223 Å². The van der Waals surface area contributed by atoms with Crippen LogP contribution >= 0.6 is 11.3 Å². The molecule has 0 radical (unpaired) electrons. The number of H-pyrrole nitrogens is 1. The maximum absolute atomic E-state index is 6.87. The minimum atomic E-state index is -0.502. The van der Waals surface area contributed by atoms with Gasteiger partial charge in [0.1, 0.15) is 28.2 Å². The van der Waals surface area contributed by atoms with Gasteiger partial charge in [-0.05, 0) is 42.3 Å². The first kappa shape index (κ1) is 36.6. The molecule has 6 aromatic heterocycles. The van der Waals surface area contributed by atoms with Crippen LogP contribution in [0.5, 0.6) is 0 Å². The van der Waals surface area contributed by atoms with Crippen LogP contribution in [-0.4, -0.2) is 55.3 Å². The van der Waals surface area contributed by atoms with Gasteiger partial charge >= 0.3 is 0 Å². The van der Waals surface area contributed by atoms with Gasteiger partial charge in [0.2, 0.25) is 5.13 Å². The van der Waals surface area contributed by atoms with Gasteiger partial charge in [0.25, 0.3) is 0 Å². The lowest BCUT2D eigenvalue weighted by Crippen LogP contribution is -2.26. The molecule has 0 saturated heterocycles. The highest BCUT2D eigenvalue weighted by Crippen LogP contribution is 2.35. The average Bonchev–Trinajstić information content (AvgIpc) is 3.95. The van der Waals surface area contributed by atoms with Crippen molar-refractivity contribution >= 4 is 38.8 Å². The van der Waals surface area contributed by atoms with Gasteiger partial charge in [-0.3, -0.25) is 5.10 Å². The summed E-state index contributed by atoms with van der Waals surface area (Å²) in [5.41, 5.74) is 31.3. The van der Waals surface area contributed by atoms with Crippen LogP contribution in [0, 0.1) is 6.92 Å². The number of aromatic amines is 1. The fourth-order valence-electron chi connectivity index (χ4n) is 7.06. The first-order valence-electron chi connectivity index (χ1n) is 19.0. The van der Waals surface area contributed by atoms with Crippen molar-refractivity contribution in [2.45, 2.75) is 19.0 Å². The standard InChI is InChI=1S/C45H34N14S/c1-24-49-43(57-56-24)33-21-20-31-41(52-33)54-39(28-10-6-3-7-11-28)38(51-31)29-16-12-25(13-17-29)35(46)36(47)26-14-18-30(19-15-26)40-37(27-8-4-2-5-9-27)50-32-22-23-34(53-42(32)55-40)44-58-59-45(48)60-44/h2-23,35-36H,46-47H2,1H3,(H2,48,59)(H,49,56,57). The normalized spacial score (nSPS) is 12.5. The number of nitrogens with two attached hydrogens (primary N) is 3. The Morgan fingerprint density at radius 2 is 0.950 bits per heavy atom. The first-order chi connectivity index (χ1) is 29.3. The predicted molar refractivity (Wildman–Crippen MR) is 234 cm³/mol. The SMILES string of the molecule is Cc1nc(-c2ccc3nc(-c4ccc(C(N)C(N)c5ccc(-c6nc7nc(-c8nnc(N)s8)ccc7nc6-c6ccccc6)cc5)cc4)c(-c4ccccc4)nc3n2)n[nH]1. The smallest absolute Gasteiger partial charge is 0.203 e. The molecule has 4 aromatic carbocycles. The van der Waals surface area contributed by atoms with Gasteiger partial charge in [-0.25, -0.2) is 34.9 Å². The highest BCUT2D eigenvalue weighted by molar-refractivity contribution is 7.18. The van der Waals surface area contributed by atoms with E-state index in [1.807, 2.05) is 140 Å². The number of aromatic nitrogens is 11. The Hall–Kier alpha value is -7.72. The number of nitrogens with one attached hydrogen (secondary N) is 1. The fourth-order valence-corrected chi connectivity index (χ4v) is 7.64. The minimum Gasteiger partial charge on any atom is -0.374 e. The molecule has 10 aromatic rings. The van der Waals surface area contributed by atoms with Crippen molar-refractivity contribution in [1.29, 1.82) is 0 Å². The third-order valence-electron chi connectivity index (χ3n) is 10.2. The van der Waals surface area contributed by atoms with E-state index in [2.05, 4.69) is 25.4 Å². The number of nitrogen functional groups attached to an aromatic ring is 1. The maximum Gasteiger partial charge on any atom is 0.203 e. The highest BCUT2D eigenvalue weighted by atomic mass is 32.1. The summed E-state index contributed by atoms with van der Waals surface area (Å²) < 4.78 is 0. The number of hydrogen-bond donors (Lipinski definition) is 4. The Labute approximate surface area is 346 Å². The monoisotopic (exact) mass is 802 g/mol. The molecule has 0 amide bonds. The van der Waals surface area contributed by atoms with Crippen LogP contribution in [0.1, 0.15) is 29.0 Å². The number of hydrogen-bond acceptors (Lipinski definition) is 14. The van der Waals surface area contributed by atoms with Crippen LogP contribution in [0.2, 0.25) is 0 Å². The largest absolute Gasteiger partial charge is 0.374 e. The van der Waals surface area contributed by atoms with Gasteiger partial charge in [0.15, 0.2) is 22.1 Å². The number of nitrogens with zero attached hydrogens (tertiary/aromatic N) is 10. The average molecular weight is 803 g/mol. The molecule has 7 N–H and O–H groups in total. The van der Waals surface area contributed by atoms with E-state index in [1.165, 1.54) is 11.3 Å². The van der Waals surface area contributed by atoms with Crippen LogP contribution in [0.4, 0.5) is 5.13 Å². The van der Waals surface area contributed by atoms with Crippen molar-refractivity contribution in [2.24, 2.45) is 11.5 Å². The summed E-state index contributed by atoms with van der Waals surface area (Å²) in [4.78, 5) is 34.1. The van der Waals surface area contributed by atoms with Gasteiger partial charge in [0.05, 0.1) is 22.8 Å². The summed E-state index contributed by atoms with van der Waals surface area (Å²) in [6.07, 6.45) is 0. The lowest BCUT2D eigenvalue weighted by atomic mass is 9.92. The van der Waals surface area contributed by atoms with Gasteiger partial charge in [-0.2, -0.15) is 5.10 Å². The third kappa shape index (κ3) is 6.98. The van der Waals surface area contributed by atoms with E-state index in [1.54, 1.807) is 0 Å². The second-order valence-corrected chi connectivity index (χ2v) is 15.1. The Bertz CT molecular complexity index is 3150. The summed E-state index contributed by atoms with van der Waals surface area (Å²) in [7, 11) is 0. The Balaban J connectivity index is 0.944. The number of fused-ring (bicyclic) bond motifs is 2. The van der Waals surface area contributed by atoms with Crippen LogP contribution in [-0.2, 0) is 0 Å². The summed E-state index contributed by atoms with van der Waals surface area (Å²) in [5.74, 6) is 1.21. The third-order valence-corrected chi connectivity index (χ3v) is 10.9. The Morgan fingerprint density at radius 1 is 0.483 bits per heavy atom. The number of aryl methyl sites for hydroxylation is 1. The molecule has 2 unspecified atom stereocenters. The van der Waals surface area contributed by atoms with E-state index in [4.69, 9.17) is 47.1 Å². The van der Waals surface area contributed by atoms with Crippen molar-refractivity contribution in [3.8, 4) is 67.2 Å². The lowest BCUT2D eigenvalue weighted by molar-refractivity contribution is 0.574. The molecule has 0 aliphatic carbocycles. The van der Waals surface area contributed by atoms with Gasteiger partial charge in [-0.1, -0.05) is 121 Å². The molecule has 0 aliphatic rings. The van der Waals surface area contributed by atoms with E-state index in [-0.39, 0.29) is 0 Å². The second-order valence-electron chi connectivity index (χ2n) is 14.1. The summed E-state index contributed by atoms with van der Waals surface area (Å²) in [5, 5.41) is 16.2. The van der Waals surface area contributed by atoms with E-state index in [0.29, 0.717) is 66.9 Å². The summed E-state index contributed by atoms with van der Waals surface area (Å²) >= 11 is 1.27. The molecule has 0 fully saturated rings. The summed E-state index contributed by atoms with van der Waals surface area (Å²) in [6.45, 7) is 1.85. The van der Waals surface area contributed by atoms with Crippen LogP contribution in [0.3, 0.4) is 0 Å². The molecule has 14 nitrogen and oxygen atoms in total. The Morgan fingerprint density at radius 3 is 1.42 bits per heavy atom. The van der Waals surface area contributed by atoms with E-state index in [0.717, 1.165) is 44.8 Å². The number of benzene rings is 4. The molecule has 10 rings (SSSR count). The maximum atomic E-state index is 6.87. The van der Waals surface area contributed by atoms with Crippen molar-refractivity contribution < 1.29 is 0 Å². The van der Waals surface area contributed by atoms with E-state index >= 15 is 0 Å². The fraction of sp³-hybridized carbons (Fsp3) is 0.0667. The van der Waals surface area contributed by atoms with Crippen LogP contribution in [0.15, 0.2) is 133 Å². The Kier molecular flexibility index (Phi) is 9.29. The van der Waals surface area contributed by atoms with Crippen molar-refractivity contribution in [3.05, 3.63) is 150 Å². The van der Waals surface area contributed by atoms with Gasteiger partial charge in [0, 0.05) is 34.3 Å². The molecular formula is C45H34N14S. The summed E-state index contributed by atoms with van der Waals surface area (Å²) in [6, 6.07) is 42.4. The minimum absolute atomic E-state index is 0.369. The molecular weight excluding hydrogens is 769 g/mol. The second kappa shape index (κ2) is 15.2. The zero-order valence-corrected chi connectivity index (χ0v) is 32.8. The van der Waals surface area contributed by atoms with Crippen molar-refractivity contribution in [2.75, 3.05) is 5.73 Å². The molecule has 0 spiro atoms. The molecule has 290 valence electrons. The molecule has 2 atom stereocenters. The zero-order valence-electron chi connectivity index (χ0n) is 32.0. The van der Waals surface area contributed by atoms with Crippen molar-refractivity contribution in [1.82, 2.24) is 55.3 Å². The lowest BCUT2D eigenvalue weighted by Gasteiger charge is -2.21. The van der Waals surface area contributed by atoms with E-state index in [9.17, 15) is 0 Å².